The van der Waals surface area contributed by atoms with Gasteiger partial charge in [0.25, 0.3) is 0 Å². The average molecular weight is 367 g/mol. The van der Waals surface area contributed by atoms with Crippen LogP contribution >= 0.6 is 0 Å². The van der Waals surface area contributed by atoms with Crippen LogP contribution in [0.25, 0.3) is 11.3 Å². The molecular formula is C20H25N5O2. The number of aromatic nitrogens is 2. The Labute approximate surface area is 158 Å². The lowest BCUT2D eigenvalue weighted by molar-refractivity contribution is -0.123. The summed E-state index contributed by atoms with van der Waals surface area (Å²) in [6.45, 7) is 4.38. The second kappa shape index (κ2) is 8.16. The first-order chi connectivity index (χ1) is 13.0. The Morgan fingerprint density at radius 1 is 1.48 bits per heavy atom. The molecule has 0 aliphatic carbocycles. The third-order valence-electron chi connectivity index (χ3n) is 4.72. The molecule has 1 aromatic carbocycles. The summed E-state index contributed by atoms with van der Waals surface area (Å²) in [5, 5.41) is 17.6. The molecule has 1 aromatic heterocycles. The molecule has 3 rings (SSSR count). The number of nitrogens with zero attached hydrogens (tertiary/aromatic N) is 2. The fourth-order valence-corrected chi connectivity index (χ4v) is 3.25. The summed E-state index contributed by atoms with van der Waals surface area (Å²) in [4.78, 5) is 23.7. The Hall–Kier alpha value is -2.96. The smallest absolute Gasteiger partial charge is 0.230 e. The number of carbonyl (C=O) groups is 2. The molecule has 2 heterocycles. The molecule has 3 N–H and O–H groups in total. The maximum Gasteiger partial charge on any atom is 0.230 e. The average Bonchev–Trinajstić information content (AvgIpc) is 3.28. The molecule has 2 amide bonds. The van der Waals surface area contributed by atoms with Crippen molar-refractivity contribution < 1.29 is 9.59 Å². The van der Waals surface area contributed by atoms with Crippen LogP contribution < -0.4 is 10.6 Å². The first kappa shape index (κ1) is 18.8. The molecule has 27 heavy (non-hydrogen) atoms. The molecule has 0 bridgehead atoms. The molecule has 1 saturated heterocycles. The Kier molecular flexibility index (Phi) is 5.69. The Balaban J connectivity index is 1.89. The van der Waals surface area contributed by atoms with E-state index in [1.54, 1.807) is 4.68 Å². The number of nitrogens with one attached hydrogen (secondary N) is 3. The van der Waals surface area contributed by atoms with Gasteiger partial charge in [-0.05, 0) is 25.0 Å². The molecular weight excluding hydrogens is 342 g/mol. The monoisotopic (exact) mass is 367 g/mol. The lowest BCUT2D eigenvalue weighted by Crippen LogP contribution is -2.25. The Morgan fingerprint density at radius 2 is 2.30 bits per heavy atom. The number of benzene rings is 1. The summed E-state index contributed by atoms with van der Waals surface area (Å²) in [5.74, 6) is -0.263. The van der Waals surface area contributed by atoms with Gasteiger partial charge in [0.05, 0.1) is 17.7 Å². The molecule has 2 unspecified atom stereocenters. The topological polar surface area (TPSA) is 99.9 Å². The second-order valence-corrected chi connectivity index (χ2v) is 6.91. The van der Waals surface area contributed by atoms with Crippen molar-refractivity contribution in [2.75, 3.05) is 11.9 Å². The maximum absolute atomic E-state index is 12.4. The van der Waals surface area contributed by atoms with Crippen LogP contribution in [-0.4, -0.2) is 34.4 Å². The lowest BCUT2D eigenvalue weighted by atomic mass is 10.0. The maximum atomic E-state index is 12.4. The molecule has 0 radical (unpaired) electrons. The normalized spacial score (nSPS) is 17.4. The van der Waals surface area contributed by atoms with E-state index in [1.165, 1.54) is 11.8 Å². The highest BCUT2D eigenvalue weighted by molar-refractivity contribution is 5.97. The van der Waals surface area contributed by atoms with Gasteiger partial charge in [-0.2, -0.15) is 5.10 Å². The van der Waals surface area contributed by atoms with E-state index in [0.29, 0.717) is 12.4 Å². The highest BCUT2D eigenvalue weighted by Crippen LogP contribution is 2.27. The molecule has 1 aliphatic heterocycles. The van der Waals surface area contributed by atoms with Crippen LogP contribution in [0.15, 0.2) is 30.3 Å². The van der Waals surface area contributed by atoms with Gasteiger partial charge in [0.2, 0.25) is 11.8 Å². The molecule has 0 spiro atoms. The van der Waals surface area contributed by atoms with E-state index >= 15 is 0 Å². The van der Waals surface area contributed by atoms with Crippen LogP contribution in [0.4, 0.5) is 5.82 Å². The van der Waals surface area contributed by atoms with Gasteiger partial charge in [-0.25, -0.2) is 0 Å². The number of rotatable bonds is 7. The molecule has 0 saturated carbocycles. The summed E-state index contributed by atoms with van der Waals surface area (Å²) in [6, 6.07) is 9.83. The van der Waals surface area contributed by atoms with E-state index in [-0.39, 0.29) is 30.2 Å². The van der Waals surface area contributed by atoms with Crippen LogP contribution in [0.2, 0.25) is 0 Å². The summed E-state index contributed by atoms with van der Waals surface area (Å²) >= 11 is 0. The van der Waals surface area contributed by atoms with Crippen molar-refractivity contribution in [2.24, 2.45) is 5.92 Å². The van der Waals surface area contributed by atoms with E-state index in [4.69, 9.17) is 5.41 Å². The van der Waals surface area contributed by atoms with Crippen molar-refractivity contribution in [3.05, 3.63) is 35.9 Å². The summed E-state index contributed by atoms with van der Waals surface area (Å²) in [6.07, 6.45) is 3.58. The number of carbonyl (C=O) groups excluding carboxylic acids is 2. The number of amides is 2. The minimum atomic E-state index is -0.376. The van der Waals surface area contributed by atoms with Crippen LogP contribution in [0, 0.1) is 11.3 Å². The van der Waals surface area contributed by atoms with Crippen LogP contribution in [0.5, 0.6) is 0 Å². The van der Waals surface area contributed by atoms with Crippen LogP contribution in [0.1, 0.15) is 38.3 Å². The van der Waals surface area contributed by atoms with E-state index in [9.17, 15) is 9.59 Å². The number of hydrogen-bond acceptors (Lipinski definition) is 4. The number of aryl methyl sites for hydroxylation is 1. The van der Waals surface area contributed by atoms with Gasteiger partial charge in [-0.15, -0.1) is 0 Å². The van der Waals surface area contributed by atoms with E-state index in [0.717, 1.165) is 24.1 Å². The van der Waals surface area contributed by atoms with Crippen molar-refractivity contribution in [3.8, 4) is 11.3 Å². The van der Waals surface area contributed by atoms with Crippen molar-refractivity contribution in [1.29, 1.82) is 5.41 Å². The fraction of sp³-hybridized carbons (Fsp3) is 0.400. The zero-order valence-corrected chi connectivity index (χ0v) is 15.7. The molecule has 7 nitrogen and oxygen atoms in total. The van der Waals surface area contributed by atoms with Gasteiger partial charge in [0.15, 0.2) is 5.82 Å². The largest absolute Gasteiger partial charge is 0.355 e. The predicted octanol–water partition coefficient (Wildman–Crippen LogP) is 2.79. The highest BCUT2D eigenvalue weighted by atomic mass is 16.2. The Morgan fingerprint density at radius 3 is 2.96 bits per heavy atom. The van der Waals surface area contributed by atoms with Crippen molar-refractivity contribution >= 4 is 23.8 Å². The van der Waals surface area contributed by atoms with Crippen molar-refractivity contribution in [3.63, 3.8) is 0 Å². The van der Waals surface area contributed by atoms with Crippen LogP contribution in [0.3, 0.4) is 0 Å². The van der Waals surface area contributed by atoms with Gasteiger partial charge in [-0.1, -0.05) is 31.5 Å². The third kappa shape index (κ3) is 4.24. The SMILES string of the molecule is CCCc1cccc(-c2cc(NC(=O)C3CNC(=O)C3)nn2C(C)C=N)c1. The van der Waals surface area contributed by atoms with Gasteiger partial charge in [0, 0.05) is 30.8 Å². The third-order valence-corrected chi connectivity index (χ3v) is 4.72. The quantitative estimate of drug-likeness (QED) is 0.656. The fourth-order valence-electron chi connectivity index (χ4n) is 3.25. The van der Waals surface area contributed by atoms with E-state index in [1.807, 2.05) is 25.1 Å². The summed E-state index contributed by atoms with van der Waals surface area (Å²) in [5.41, 5.74) is 3.09. The minimum Gasteiger partial charge on any atom is -0.355 e. The Bertz CT molecular complexity index is 858. The second-order valence-electron chi connectivity index (χ2n) is 6.91. The van der Waals surface area contributed by atoms with Gasteiger partial charge in [-0.3, -0.25) is 14.3 Å². The van der Waals surface area contributed by atoms with Gasteiger partial charge < -0.3 is 16.0 Å². The van der Waals surface area contributed by atoms with E-state index < -0.39 is 0 Å². The van der Waals surface area contributed by atoms with E-state index in [2.05, 4.69) is 34.8 Å². The highest BCUT2D eigenvalue weighted by Gasteiger charge is 2.28. The van der Waals surface area contributed by atoms with Gasteiger partial charge in [0.1, 0.15) is 0 Å². The van der Waals surface area contributed by atoms with Gasteiger partial charge >= 0.3 is 0 Å². The molecule has 2 aromatic rings. The number of anilines is 1. The molecule has 1 aliphatic rings. The lowest BCUT2D eigenvalue weighted by Gasteiger charge is -2.12. The molecule has 7 heteroatoms. The molecule has 1 fully saturated rings. The zero-order valence-electron chi connectivity index (χ0n) is 15.7. The summed E-state index contributed by atoms with van der Waals surface area (Å²) in [7, 11) is 0. The number of hydrogen-bond donors (Lipinski definition) is 3. The molecule has 2 atom stereocenters. The first-order valence-electron chi connectivity index (χ1n) is 9.28. The van der Waals surface area contributed by atoms with Crippen molar-refractivity contribution in [1.82, 2.24) is 15.1 Å². The standard InChI is InChI=1S/C20H25N5O2/c1-3-5-14-6-4-7-15(8-14)17-10-18(24-25(17)13(2)11-21)23-20(27)16-9-19(26)22-12-16/h4,6-8,10-11,13,16,21H,3,5,9,12H2,1-2H3,(H,22,26)(H,23,24,27). The predicted molar refractivity (Wildman–Crippen MR) is 105 cm³/mol. The van der Waals surface area contributed by atoms with Crippen LogP contribution in [-0.2, 0) is 16.0 Å². The zero-order chi connectivity index (χ0) is 19.4. The first-order valence-corrected chi connectivity index (χ1v) is 9.28. The molecule has 142 valence electrons. The minimum absolute atomic E-state index is 0.105. The van der Waals surface area contributed by atoms with Crippen molar-refractivity contribution in [2.45, 2.75) is 39.2 Å². The summed E-state index contributed by atoms with van der Waals surface area (Å²) < 4.78 is 1.74.